The lowest BCUT2D eigenvalue weighted by atomic mass is 9.81. The van der Waals surface area contributed by atoms with Gasteiger partial charge in [0.15, 0.2) is 0 Å². The Morgan fingerprint density at radius 1 is 1.03 bits per heavy atom. The van der Waals surface area contributed by atoms with Gasteiger partial charge in [-0.05, 0) is 43.2 Å². The zero-order valence-corrected chi connectivity index (χ0v) is 19.7. The summed E-state index contributed by atoms with van der Waals surface area (Å²) in [5.74, 6) is 0.151. The van der Waals surface area contributed by atoms with Crippen LogP contribution in [-0.4, -0.2) is 38.8 Å². The number of hydrogen-bond donors (Lipinski definition) is 1. The summed E-state index contributed by atoms with van der Waals surface area (Å²) in [4.78, 5) is 39.7. The lowest BCUT2D eigenvalue weighted by Gasteiger charge is -2.28. The Hall–Kier alpha value is -0.920. The summed E-state index contributed by atoms with van der Waals surface area (Å²) < 4.78 is 0. The molecule has 0 unspecified atom stereocenters. The molecule has 6 atom stereocenters. The van der Waals surface area contributed by atoms with Crippen LogP contribution in [0.15, 0.2) is 24.3 Å². The molecule has 1 saturated heterocycles. The predicted molar refractivity (Wildman–Crippen MR) is 119 cm³/mol. The molecule has 5 nitrogen and oxygen atoms in total. The van der Waals surface area contributed by atoms with Gasteiger partial charge in [0.25, 0.3) is 0 Å². The molecule has 0 spiro atoms. The van der Waals surface area contributed by atoms with Gasteiger partial charge in [0.1, 0.15) is 0 Å². The lowest BCUT2D eigenvalue weighted by Crippen LogP contribution is -2.37. The van der Waals surface area contributed by atoms with Gasteiger partial charge in [-0.25, -0.2) is 0 Å². The van der Waals surface area contributed by atoms with Crippen molar-refractivity contribution in [3.63, 3.8) is 0 Å². The molecule has 2 bridgehead atoms. The second kappa shape index (κ2) is 8.67. The Bertz CT molecular complexity index is 804. The molecule has 1 aliphatic heterocycles. The van der Waals surface area contributed by atoms with Crippen LogP contribution >= 0.6 is 43.5 Å². The lowest BCUT2D eigenvalue weighted by molar-refractivity contribution is -0.140. The van der Waals surface area contributed by atoms with Gasteiger partial charge in [0.2, 0.25) is 17.7 Å². The Morgan fingerprint density at radius 3 is 2.28 bits per heavy atom. The minimum absolute atomic E-state index is 0.00723. The third kappa shape index (κ3) is 3.90. The maximum atomic E-state index is 12.8. The van der Waals surface area contributed by atoms with Crippen LogP contribution < -0.4 is 5.32 Å². The van der Waals surface area contributed by atoms with E-state index in [1.54, 1.807) is 12.1 Å². The van der Waals surface area contributed by atoms with Crippen molar-refractivity contribution < 1.29 is 14.4 Å². The summed E-state index contributed by atoms with van der Waals surface area (Å²) in [5.41, 5.74) is 0.615. The van der Waals surface area contributed by atoms with Crippen LogP contribution in [0.3, 0.4) is 0 Å². The molecule has 8 heteroatoms. The average molecular weight is 547 g/mol. The molecule has 1 N–H and O–H groups in total. The molecule has 156 valence electrons. The fourth-order valence-electron chi connectivity index (χ4n) is 5.14. The smallest absolute Gasteiger partial charge is 0.233 e. The van der Waals surface area contributed by atoms with Crippen LogP contribution in [0.1, 0.15) is 32.1 Å². The first kappa shape index (κ1) is 21.3. The molecule has 3 aliphatic rings. The molecule has 4 rings (SSSR count). The number of nitrogens with zero attached hydrogens (tertiary/aromatic N) is 1. The molecule has 1 heterocycles. The number of nitrogens with one attached hydrogen (secondary N) is 1. The van der Waals surface area contributed by atoms with Gasteiger partial charge in [-0.1, -0.05) is 62.0 Å². The summed E-state index contributed by atoms with van der Waals surface area (Å²) in [6.45, 7) is 0.455. The Balaban J connectivity index is 1.22. The Kier molecular flexibility index (Phi) is 6.38. The maximum Gasteiger partial charge on any atom is 0.233 e. The first-order valence-electron chi connectivity index (χ1n) is 10.1. The molecular formula is C21H23Br2ClN2O3. The molecule has 3 fully saturated rings. The molecule has 0 radical (unpaired) electrons. The zero-order chi connectivity index (χ0) is 20.7. The average Bonchev–Trinajstić information content (AvgIpc) is 3.29. The molecule has 2 saturated carbocycles. The number of imide groups is 1. The standard InChI is InChI=1S/C21H23Br2ClN2O3/c22-18-11-10-12(19(18)23)17-16(11)20(28)26(21(17)29)9-5-1-2-8-15(27)25-14-7-4-3-6-13(14)24/h3-4,6-7,11-12,16-19H,1-2,5,8-10H2,(H,25,27)/t11-,12+,16+,17-,18-,19-/m1/s1. The molecule has 1 aromatic carbocycles. The normalized spacial score (nSPS) is 32.7. The van der Waals surface area contributed by atoms with Gasteiger partial charge in [0.05, 0.1) is 22.5 Å². The number of alkyl halides is 2. The van der Waals surface area contributed by atoms with Crippen LogP contribution in [0.2, 0.25) is 5.02 Å². The molecule has 2 aliphatic carbocycles. The van der Waals surface area contributed by atoms with Crippen LogP contribution in [0.5, 0.6) is 0 Å². The van der Waals surface area contributed by atoms with E-state index < -0.39 is 0 Å². The molecular weight excluding hydrogens is 524 g/mol. The van der Waals surface area contributed by atoms with Crippen molar-refractivity contribution in [2.75, 3.05) is 11.9 Å². The van der Waals surface area contributed by atoms with E-state index in [4.69, 9.17) is 11.6 Å². The van der Waals surface area contributed by atoms with Crippen molar-refractivity contribution >= 4 is 66.9 Å². The molecule has 29 heavy (non-hydrogen) atoms. The second-order valence-electron chi connectivity index (χ2n) is 8.17. The summed E-state index contributed by atoms with van der Waals surface area (Å²) in [5, 5.41) is 3.33. The minimum atomic E-state index is -0.146. The number of rotatable bonds is 7. The third-order valence-electron chi connectivity index (χ3n) is 6.51. The highest BCUT2D eigenvalue weighted by atomic mass is 79.9. The summed E-state index contributed by atoms with van der Waals surface area (Å²) in [7, 11) is 0. The van der Waals surface area contributed by atoms with E-state index in [9.17, 15) is 14.4 Å². The van der Waals surface area contributed by atoms with Crippen molar-refractivity contribution in [3.8, 4) is 0 Å². The van der Waals surface area contributed by atoms with Crippen LogP contribution in [0, 0.1) is 23.7 Å². The Labute approximate surface area is 192 Å². The number of carbonyl (C=O) groups is 3. The van der Waals surface area contributed by atoms with Crippen LogP contribution in [-0.2, 0) is 14.4 Å². The number of hydrogen-bond acceptors (Lipinski definition) is 3. The highest BCUT2D eigenvalue weighted by molar-refractivity contribution is 9.12. The Morgan fingerprint density at radius 2 is 1.66 bits per heavy atom. The largest absolute Gasteiger partial charge is 0.325 e. The van der Waals surface area contributed by atoms with Crippen molar-refractivity contribution in [2.24, 2.45) is 23.7 Å². The summed E-state index contributed by atoms with van der Waals surface area (Å²) >= 11 is 13.5. The first-order valence-corrected chi connectivity index (χ1v) is 12.3. The van der Waals surface area contributed by atoms with Crippen molar-refractivity contribution in [2.45, 2.75) is 41.8 Å². The highest BCUT2D eigenvalue weighted by Gasteiger charge is 2.66. The number of anilines is 1. The van der Waals surface area contributed by atoms with E-state index in [-0.39, 0.29) is 51.0 Å². The van der Waals surface area contributed by atoms with Crippen LogP contribution in [0.4, 0.5) is 5.69 Å². The highest BCUT2D eigenvalue weighted by Crippen LogP contribution is 2.60. The minimum Gasteiger partial charge on any atom is -0.325 e. The number of fused-ring (bicyclic) bond motifs is 5. The summed E-state index contributed by atoms with van der Waals surface area (Å²) in [6.07, 6.45) is 3.56. The van der Waals surface area contributed by atoms with Crippen LogP contribution in [0.25, 0.3) is 0 Å². The van der Waals surface area contributed by atoms with Crippen molar-refractivity contribution in [3.05, 3.63) is 29.3 Å². The quantitative estimate of drug-likeness (QED) is 0.309. The van der Waals surface area contributed by atoms with Crippen molar-refractivity contribution in [1.29, 1.82) is 0 Å². The molecule has 3 amide bonds. The number of amides is 3. The number of halogens is 3. The van der Waals surface area contributed by atoms with E-state index in [2.05, 4.69) is 37.2 Å². The SMILES string of the molecule is O=C(CCCCCN1C(=O)[C@@H]2[C@@H]3C[C@@H]([C@@H](Br)[C@@H]3Br)[C@@H]2C1=O)Nc1ccccc1Cl. The predicted octanol–water partition coefficient (Wildman–Crippen LogP) is 4.62. The van der Waals surface area contributed by atoms with Gasteiger partial charge in [-0.3, -0.25) is 19.3 Å². The van der Waals surface area contributed by atoms with Gasteiger partial charge in [-0.2, -0.15) is 0 Å². The van der Waals surface area contributed by atoms with E-state index in [1.165, 1.54) is 4.90 Å². The van der Waals surface area contributed by atoms with Gasteiger partial charge in [0, 0.05) is 22.6 Å². The number of carbonyl (C=O) groups excluding carboxylic acids is 3. The second-order valence-corrected chi connectivity index (χ2v) is 10.7. The summed E-state index contributed by atoms with van der Waals surface area (Å²) in [6, 6.07) is 7.14. The monoisotopic (exact) mass is 544 g/mol. The first-order chi connectivity index (χ1) is 13.9. The topological polar surface area (TPSA) is 66.5 Å². The number of likely N-dealkylation sites (tertiary alicyclic amines) is 1. The van der Waals surface area contributed by atoms with Gasteiger partial charge < -0.3 is 5.32 Å². The van der Waals surface area contributed by atoms with E-state index in [0.29, 0.717) is 30.1 Å². The fourth-order valence-corrected chi connectivity index (χ4v) is 7.19. The number of para-hydroxylation sites is 1. The van der Waals surface area contributed by atoms with E-state index in [0.717, 1.165) is 19.3 Å². The zero-order valence-electron chi connectivity index (χ0n) is 15.8. The third-order valence-corrected chi connectivity index (χ3v) is 10.0. The van der Waals surface area contributed by atoms with Gasteiger partial charge >= 0.3 is 0 Å². The number of unbranched alkanes of at least 4 members (excludes halogenated alkanes) is 2. The maximum absolute atomic E-state index is 12.8. The van der Waals surface area contributed by atoms with E-state index in [1.807, 2.05) is 12.1 Å². The van der Waals surface area contributed by atoms with Gasteiger partial charge in [-0.15, -0.1) is 0 Å². The fraction of sp³-hybridized carbons (Fsp3) is 0.571. The van der Waals surface area contributed by atoms with Crippen molar-refractivity contribution in [1.82, 2.24) is 4.90 Å². The number of benzene rings is 1. The molecule has 0 aromatic heterocycles. The van der Waals surface area contributed by atoms with E-state index >= 15 is 0 Å². The molecule has 1 aromatic rings.